The van der Waals surface area contributed by atoms with Gasteiger partial charge < -0.3 is 5.73 Å². The number of rotatable bonds is 6. The average molecular weight is 282 g/mol. The topological polar surface area (TPSA) is 72.2 Å². The monoisotopic (exact) mass is 282 g/mol. The van der Waals surface area contributed by atoms with Crippen LogP contribution in [0.25, 0.3) is 0 Å². The third kappa shape index (κ3) is 3.94. The number of hydrogen-bond donors (Lipinski definition) is 2. The van der Waals surface area contributed by atoms with Crippen LogP contribution < -0.4 is 10.5 Å². The lowest BCUT2D eigenvalue weighted by atomic mass is 9.85. The van der Waals surface area contributed by atoms with Crippen molar-refractivity contribution in [3.05, 3.63) is 29.8 Å². The fourth-order valence-corrected chi connectivity index (χ4v) is 3.46. The molecule has 0 heterocycles. The van der Waals surface area contributed by atoms with Gasteiger partial charge in [-0.1, -0.05) is 26.0 Å². The maximum atomic E-state index is 11.9. The lowest BCUT2D eigenvalue weighted by molar-refractivity contribution is 0.539. The summed E-state index contributed by atoms with van der Waals surface area (Å²) < 4.78 is 26.3. The van der Waals surface area contributed by atoms with E-state index in [9.17, 15) is 8.42 Å². The Bertz CT molecular complexity index is 531. The van der Waals surface area contributed by atoms with Gasteiger partial charge in [0.05, 0.1) is 5.75 Å². The van der Waals surface area contributed by atoms with Gasteiger partial charge in [-0.05, 0) is 36.5 Å². The van der Waals surface area contributed by atoms with Gasteiger partial charge in [0.15, 0.2) is 0 Å². The minimum atomic E-state index is -3.20. The van der Waals surface area contributed by atoms with E-state index >= 15 is 0 Å². The second-order valence-corrected chi connectivity index (χ2v) is 7.76. The van der Waals surface area contributed by atoms with Gasteiger partial charge in [0.1, 0.15) is 0 Å². The molecule has 106 valence electrons. The van der Waals surface area contributed by atoms with Gasteiger partial charge in [-0.25, -0.2) is 8.42 Å². The third-order valence-electron chi connectivity index (χ3n) is 3.60. The highest BCUT2D eigenvalue weighted by molar-refractivity contribution is 7.92. The van der Waals surface area contributed by atoms with E-state index in [1.54, 1.807) is 12.1 Å². The van der Waals surface area contributed by atoms with E-state index in [0.29, 0.717) is 18.2 Å². The van der Waals surface area contributed by atoms with Crippen LogP contribution >= 0.6 is 0 Å². The van der Waals surface area contributed by atoms with Crippen molar-refractivity contribution in [1.82, 2.24) is 0 Å². The van der Waals surface area contributed by atoms with Crippen molar-refractivity contribution in [2.75, 3.05) is 17.0 Å². The number of hydrogen-bond acceptors (Lipinski definition) is 3. The molecular formula is C14H22N2O2S. The Morgan fingerprint density at radius 3 is 2.32 bits per heavy atom. The number of nitrogens with two attached hydrogens (primary N) is 1. The summed E-state index contributed by atoms with van der Waals surface area (Å²) in [5, 5.41) is 0. The van der Waals surface area contributed by atoms with Gasteiger partial charge in [0.2, 0.25) is 10.0 Å². The molecule has 1 aromatic carbocycles. The highest BCUT2D eigenvalue weighted by Gasteiger charge is 2.28. The quantitative estimate of drug-likeness (QED) is 0.839. The molecule has 5 heteroatoms. The second-order valence-electron chi connectivity index (χ2n) is 5.99. The van der Waals surface area contributed by atoms with Crippen LogP contribution in [0.5, 0.6) is 0 Å². The van der Waals surface area contributed by atoms with E-state index < -0.39 is 10.0 Å². The standard InChI is InChI=1S/C14H22N2O2S/c1-14(2,10-15)12-5-7-13(8-6-12)16-19(17,18)9-11-3-4-11/h5-8,11,16H,3-4,9-10,15H2,1-2H3. The van der Waals surface area contributed by atoms with Crippen molar-refractivity contribution in [1.29, 1.82) is 0 Å². The summed E-state index contributed by atoms with van der Waals surface area (Å²) in [5.41, 5.74) is 7.37. The Morgan fingerprint density at radius 2 is 1.84 bits per heavy atom. The van der Waals surface area contributed by atoms with Crippen LogP contribution in [0.2, 0.25) is 0 Å². The van der Waals surface area contributed by atoms with E-state index in [-0.39, 0.29) is 11.2 Å². The van der Waals surface area contributed by atoms with Crippen molar-refractivity contribution >= 4 is 15.7 Å². The smallest absolute Gasteiger partial charge is 0.232 e. The molecular weight excluding hydrogens is 260 g/mol. The predicted octanol–water partition coefficient (Wildman–Crippen LogP) is 2.07. The SMILES string of the molecule is CC(C)(CN)c1ccc(NS(=O)(=O)CC2CC2)cc1. The van der Waals surface area contributed by atoms with Gasteiger partial charge >= 0.3 is 0 Å². The Morgan fingerprint density at radius 1 is 1.26 bits per heavy atom. The first-order chi connectivity index (χ1) is 8.82. The summed E-state index contributed by atoms with van der Waals surface area (Å²) in [4.78, 5) is 0. The first-order valence-corrected chi connectivity index (χ1v) is 8.29. The summed E-state index contributed by atoms with van der Waals surface area (Å²) in [6, 6.07) is 7.47. The first kappa shape index (κ1) is 14.3. The van der Waals surface area contributed by atoms with Crippen molar-refractivity contribution < 1.29 is 8.42 Å². The molecule has 0 radical (unpaired) electrons. The van der Waals surface area contributed by atoms with Gasteiger partial charge in [0.25, 0.3) is 0 Å². The molecule has 1 aromatic rings. The zero-order valence-electron chi connectivity index (χ0n) is 11.5. The molecule has 1 aliphatic rings. The average Bonchev–Trinajstić information content (AvgIpc) is 3.12. The van der Waals surface area contributed by atoms with Crippen LogP contribution in [0.1, 0.15) is 32.3 Å². The number of nitrogens with one attached hydrogen (secondary N) is 1. The molecule has 0 spiro atoms. The molecule has 0 saturated heterocycles. The molecule has 0 bridgehead atoms. The summed E-state index contributed by atoms with van der Waals surface area (Å²) in [6.07, 6.45) is 2.06. The molecule has 1 saturated carbocycles. The van der Waals surface area contributed by atoms with Crippen molar-refractivity contribution in [2.45, 2.75) is 32.1 Å². The lowest BCUT2D eigenvalue weighted by Crippen LogP contribution is -2.28. The molecule has 1 aliphatic carbocycles. The zero-order chi connectivity index (χ0) is 14.1. The van der Waals surface area contributed by atoms with Crippen LogP contribution in [0, 0.1) is 5.92 Å². The van der Waals surface area contributed by atoms with Gasteiger partial charge in [-0.3, -0.25) is 4.72 Å². The Balaban J connectivity index is 2.06. The predicted molar refractivity (Wildman–Crippen MR) is 78.7 cm³/mol. The van der Waals surface area contributed by atoms with Crippen LogP contribution in [0.3, 0.4) is 0 Å². The fourth-order valence-electron chi connectivity index (χ4n) is 1.92. The van der Waals surface area contributed by atoms with Crippen molar-refractivity contribution in [3.63, 3.8) is 0 Å². The molecule has 0 aliphatic heterocycles. The fraction of sp³-hybridized carbons (Fsp3) is 0.571. The van der Waals surface area contributed by atoms with E-state index in [0.717, 1.165) is 18.4 Å². The number of benzene rings is 1. The maximum Gasteiger partial charge on any atom is 0.232 e. The van der Waals surface area contributed by atoms with Crippen LogP contribution in [0.4, 0.5) is 5.69 Å². The number of sulfonamides is 1. The molecule has 0 atom stereocenters. The van der Waals surface area contributed by atoms with Crippen LogP contribution in [-0.4, -0.2) is 20.7 Å². The third-order valence-corrected chi connectivity index (χ3v) is 5.06. The van der Waals surface area contributed by atoms with E-state index in [2.05, 4.69) is 18.6 Å². The normalized spacial score (nSPS) is 16.4. The molecule has 0 aromatic heterocycles. The zero-order valence-corrected chi connectivity index (χ0v) is 12.3. The Labute approximate surface area is 115 Å². The molecule has 1 fully saturated rings. The van der Waals surface area contributed by atoms with Crippen molar-refractivity contribution in [3.8, 4) is 0 Å². The Hall–Kier alpha value is -1.07. The van der Waals surface area contributed by atoms with E-state index in [4.69, 9.17) is 5.73 Å². The highest BCUT2D eigenvalue weighted by Crippen LogP contribution is 2.31. The summed E-state index contributed by atoms with van der Waals surface area (Å²) in [6.45, 7) is 4.69. The molecule has 0 amide bonds. The lowest BCUT2D eigenvalue weighted by Gasteiger charge is -2.23. The Kier molecular flexibility index (Phi) is 3.87. The van der Waals surface area contributed by atoms with Gasteiger partial charge in [-0.2, -0.15) is 0 Å². The molecule has 0 unspecified atom stereocenters. The second kappa shape index (κ2) is 5.13. The summed E-state index contributed by atoms with van der Waals surface area (Å²) in [5.74, 6) is 0.594. The maximum absolute atomic E-state index is 11.9. The first-order valence-electron chi connectivity index (χ1n) is 6.63. The highest BCUT2D eigenvalue weighted by atomic mass is 32.2. The molecule has 3 N–H and O–H groups in total. The minimum Gasteiger partial charge on any atom is -0.330 e. The molecule has 2 rings (SSSR count). The number of anilines is 1. The van der Waals surface area contributed by atoms with Crippen molar-refractivity contribution in [2.24, 2.45) is 11.7 Å². The molecule has 4 nitrogen and oxygen atoms in total. The molecule has 19 heavy (non-hydrogen) atoms. The summed E-state index contributed by atoms with van der Waals surface area (Å²) in [7, 11) is -3.20. The van der Waals surface area contributed by atoms with Gasteiger partial charge in [-0.15, -0.1) is 0 Å². The van der Waals surface area contributed by atoms with Crippen LogP contribution in [-0.2, 0) is 15.4 Å². The minimum absolute atomic E-state index is 0.0918. The van der Waals surface area contributed by atoms with E-state index in [1.165, 1.54) is 0 Å². The van der Waals surface area contributed by atoms with Gasteiger partial charge in [0, 0.05) is 17.6 Å². The summed E-state index contributed by atoms with van der Waals surface area (Å²) >= 11 is 0. The van der Waals surface area contributed by atoms with E-state index in [1.807, 2.05) is 12.1 Å². The largest absolute Gasteiger partial charge is 0.330 e. The van der Waals surface area contributed by atoms with Crippen LogP contribution in [0.15, 0.2) is 24.3 Å².